The van der Waals surface area contributed by atoms with E-state index < -0.39 is 0 Å². The van der Waals surface area contributed by atoms with Crippen LogP contribution in [0.1, 0.15) is 23.7 Å². The van der Waals surface area contributed by atoms with Gasteiger partial charge in [0, 0.05) is 38.4 Å². The molecule has 0 aliphatic carbocycles. The molecule has 150 valence electrons. The van der Waals surface area contributed by atoms with Crippen LogP contribution in [0.25, 0.3) is 11.2 Å². The van der Waals surface area contributed by atoms with E-state index in [-0.39, 0.29) is 23.8 Å². The molecule has 0 bridgehead atoms. The Hall–Kier alpha value is -2.94. The molecular weight excluding hydrogens is 362 g/mol. The van der Waals surface area contributed by atoms with Crippen molar-refractivity contribution < 1.29 is 19.1 Å². The van der Waals surface area contributed by atoms with Gasteiger partial charge < -0.3 is 24.7 Å². The average molecular weight is 387 g/mol. The molecule has 9 heteroatoms. The largest absolute Gasteiger partial charge is 0.476 e. The lowest BCUT2D eigenvalue weighted by atomic mass is 10.1. The van der Waals surface area contributed by atoms with Crippen molar-refractivity contribution >= 4 is 23.0 Å². The van der Waals surface area contributed by atoms with Gasteiger partial charge in [-0.15, -0.1) is 0 Å². The number of hydrogen-bond donors (Lipinski definition) is 2. The molecule has 1 fully saturated rings. The van der Waals surface area contributed by atoms with Crippen LogP contribution in [0, 0.1) is 5.92 Å². The number of amides is 2. The maximum atomic E-state index is 12.5. The predicted octanol–water partition coefficient (Wildman–Crippen LogP) is 1.14. The Balaban J connectivity index is 1.64. The highest BCUT2D eigenvalue weighted by Crippen LogP contribution is 2.20. The Bertz CT molecular complexity index is 865. The van der Waals surface area contributed by atoms with E-state index in [2.05, 4.69) is 26.8 Å². The Morgan fingerprint density at radius 3 is 3.11 bits per heavy atom. The van der Waals surface area contributed by atoms with E-state index in [1.54, 1.807) is 18.2 Å². The third-order valence-electron chi connectivity index (χ3n) is 4.64. The fraction of sp³-hybridized carbons (Fsp3) is 0.474. The maximum Gasteiger partial charge on any atom is 0.255 e. The smallest absolute Gasteiger partial charge is 0.255 e. The zero-order valence-corrected chi connectivity index (χ0v) is 16.1. The van der Waals surface area contributed by atoms with Crippen LogP contribution in [0.5, 0.6) is 5.88 Å². The van der Waals surface area contributed by atoms with E-state index >= 15 is 0 Å². The monoisotopic (exact) mass is 387 g/mol. The standard InChI is InChI=1S/C19H25N5O4/c1-4-16(25)24-6-5-13(9-24)11-28-15-8-21-18-17(23-15)14(7-20-18)19(26)22-12(2)10-27-3/h4,7-8,12-13H,1,5-6,9-11H2,2-3H3,(H,20,21)(H,22,26)/t12-,13-/m0/s1. The Morgan fingerprint density at radius 1 is 1.54 bits per heavy atom. The minimum Gasteiger partial charge on any atom is -0.476 e. The van der Waals surface area contributed by atoms with Crippen molar-refractivity contribution in [1.29, 1.82) is 0 Å². The fourth-order valence-electron chi connectivity index (χ4n) is 3.21. The molecule has 2 N–H and O–H groups in total. The number of aromatic amines is 1. The van der Waals surface area contributed by atoms with Crippen molar-refractivity contribution in [2.75, 3.05) is 33.4 Å². The van der Waals surface area contributed by atoms with Gasteiger partial charge in [-0.05, 0) is 19.4 Å². The Labute approximate surface area is 163 Å². The number of aromatic nitrogens is 3. The molecule has 0 saturated carbocycles. The lowest BCUT2D eigenvalue weighted by Gasteiger charge is -2.14. The molecule has 0 radical (unpaired) electrons. The maximum absolute atomic E-state index is 12.5. The summed E-state index contributed by atoms with van der Waals surface area (Å²) in [5.41, 5.74) is 1.37. The first-order valence-electron chi connectivity index (χ1n) is 9.20. The number of carbonyl (C=O) groups is 2. The number of fused-ring (bicyclic) bond motifs is 1. The van der Waals surface area contributed by atoms with Crippen LogP contribution in [-0.4, -0.2) is 71.1 Å². The van der Waals surface area contributed by atoms with E-state index in [9.17, 15) is 9.59 Å². The van der Waals surface area contributed by atoms with Crippen LogP contribution >= 0.6 is 0 Å². The Kier molecular flexibility index (Phi) is 6.25. The first-order valence-corrected chi connectivity index (χ1v) is 9.20. The van der Waals surface area contributed by atoms with E-state index in [4.69, 9.17) is 9.47 Å². The van der Waals surface area contributed by atoms with Gasteiger partial charge in [-0.3, -0.25) is 9.59 Å². The summed E-state index contributed by atoms with van der Waals surface area (Å²) in [4.78, 5) is 37.6. The second-order valence-corrected chi connectivity index (χ2v) is 6.89. The first-order chi connectivity index (χ1) is 13.5. The molecule has 9 nitrogen and oxygen atoms in total. The summed E-state index contributed by atoms with van der Waals surface area (Å²) in [6, 6.07) is -0.126. The molecule has 1 aliphatic heterocycles. The van der Waals surface area contributed by atoms with E-state index in [0.29, 0.717) is 48.9 Å². The molecule has 0 unspecified atom stereocenters. The first kappa shape index (κ1) is 19.8. The number of nitrogens with zero attached hydrogens (tertiary/aromatic N) is 3. The van der Waals surface area contributed by atoms with Gasteiger partial charge in [-0.1, -0.05) is 6.58 Å². The second-order valence-electron chi connectivity index (χ2n) is 6.89. The number of hydrogen-bond acceptors (Lipinski definition) is 6. The summed E-state index contributed by atoms with van der Waals surface area (Å²) < 4.78 is 10.8. The van der Waals surface area contributed by atoms with Gasteiger partial charge in [0.2, 0.25) is 11.8 Å². The molecule has 28 heavy (non-hydrogen) atoms. The minimum atomic E-state index is -0.253. The molecule has 2 atom stereocenters. The molecular formula is C19H25N5O4. The number of methoxy groups -OCH3 is 1. The molecule has 2 amide bonds. The van der Waals surface area contributed by atoms with Crippen LogP contribution in [0.2, 0.25) is 0 Å². The molecule has 0 spiro atoms. The van der Waals surface area contributed by atoms with Crippen molar-refractivity contribution in [1.82, 2.24) is 25.2 Å². The van der Waals surface area contributed by atoms with Crippen LogP contribution in [-0.2, 0) is 9.53 Å². The molecule has 2 aromatic heterocycles. The van der Waals surface area contributed by atoms with Crippen molar-refractivity contribution in [3.05, 3.63) is 30.6 Å². The number of rotatable bonds is 8. The summed E-state index contributed by atoms with van der Waals surface area (Å²) in [5, 5.41) is 2.85. The van der Waals surface area contributed by atoms with Gasteiger partial charge in [-0.25, -0.2) is 9.97 Å². The quantitative estimate of drug-likeness (QED) is 0.658. The predicted molar refractivity (Wildman–Crippen MR) is 103 cm³/mol. The molecule has 1 saturated heterocycles. The van der Waals surface area contributed by atoms with Crippen molar-refractivity contribution in [3.8, 4) is 5.88 Å². The van der Waals surface area contributed by atoms with Crippen molar-refractivity contribution in [3.63, 3.8) is 0 Å². The SMILES string of the molecule is C=CC(=O)N1CC[C@H](COc2cnc3[nH]cc(C(=O)N[C@@H](C)COC)c3n2)C1. The minimum absolute atomic E-state index is 0.0608. The van der Waals surface area contributed by atoms with Gasteiger partial charge in [0.25, 0.3) is 5.91 Å². The second kappa shape index (κ2) is 8.83. The molecule has 3 rings (SSSR count). The van der Waals surface area contributed by atoms with Gasteiger partial charge in [0.05, 0.1) is 25.0 Å². The van der Waals surface area contributed by atoms with Crippen LogP contribution in [0.4, 0.5) is 0 Å². The summed E-state index contributed by atoms with van der Waals surface area (Å²) >= 11 is 0. The highest BCUT2D eigenvalue weighted by Gasteiger charge is 2.25. The number of ether oxygens (including phenoxy) is 2. The van der Waals surface area contributed by atoms with Crippen molar-refractivity contribution in [2.45, 2.75) is 19.4 Å². The summed E-state index contributed by atoms with van der Waals surface area (Å²) in [6.07, 6.45) is 5.30. The highest BCUT2D eigenvalue weighted by molar-refractivity contribution is 6.04. The lowest BCUT2D eigenvalue weighted by Crippen LogP contribution is -2.35. The van der Waals surface area contributed by atoms with Gasteiger partial charge in [0.15, 0.2) is 5.65 Å². The van der Waals surface area contributed by atoms with Crippen molar-refractivity contribution in [2.24, 2.45) is 5.92 Å². The molecule has 1 aliphatic rings. The van der Waals surface area contributed by atoms with Crippen LogP contribution in [0.15, 0.2) is 25.0 Å². The van der Waals surface area contributed by atoms with Gasteiger partial charge >= 0.3 is 0 Å². The third-order valence-corrected chi connectivity index (χ3v) is 4.64. The van der Waals surface area contributed by atoms with E-state index in [0.717, 1.165) is 6.42 Å². The highest BCUT2D eigenvalue weighted by atomic mass is 16.5. The number of H-pyrrole nitrogens is 1. The molecule has 2 aromatic rings. The summed E-state index contributed by atoms with van der Waals surface area (Å²) in [7, 11) is 1.58. The van der Waals surface area contributed by atoms with Crippen LogP contribution in [0.3, 0.4) is 0 Å². The fourth-order valence-corrected chi connectivity index (χ4v) is 3.21. The van der Waals surface area contributed by atoms with E-state index in [1.807, 2.05) is 6.92 Å². The molecule has 0 aromatic carbocycles. The summed E-state index contributed by atoms with van der Waals surface area (Å²) in [6.45, 7) is 7.55. The normalized spacial score (nSPS) is 17.5. The number of likely N-dealkylation sites (tertiary alicyclic amines) is 1. The van der Waals surface area contributed by atoms with Crippen LogP contribution < -0.4 is 10.1 Å². The average Bonchev–Trinajstić information content (AvgIpc) is 3.32. The summed E-state index contributed by atoms with van der Waals surface area (Å²) in [5.74, 6) is 0.260. The van der Waals surface area contributed by atoms with Gasteiger partial charge in [0.1, 0.15) is 5.52 Å². The third kappa shape index (κ3) is 4.48. The lowest BCUT2D eigenvalue weighted by molar-refractivity contribution is -0.125. The van der Waals surface area contributed by atoms with E-state index in [1.165, 1.54) is 12.3 Å². The molecule has 3 heterocycles. The zero-order chi connectivity index (χ0) is 20.1. The Morgan fingerprint density at radius 2 is 2.36 bits per heavy atom. The number of carbonyl (C=O) groups excluding carboxylic acids is 2. The van der Waals surface area contributed by atoms with Gasteiger partial charge in [-0.2, -0.15) is 0 Å². The number of nitrogens with one attached hydrogen (secondary N) is 2. The topological polar surface area (TPSA) is 109 Å². The zero-order valence-electron chi connectivity index (χ0n) is 16.1.